The van der Waals surface area contributed by atoms with E-state index >= 15 is 0 Å². The molecular weight excluding hydrogens is 158 g/mol. The molecule has 0 saturated heterocycles. The molecule has 0 heterocycles. The highest BCUT2D eigenvalue weighted by Crippen LogP contribution is 2.37. The van der Waals surface area contributed by atoms with Crippen LogP contribution in [0.1, 0.15) is 33.6 Å². The lowest BCUT2D eigenvalue weighted by Crippen LogP contribution is -2.36. The van der Waals surface area contributed by atoms with Crippen molar-refractivity contribution in [3.63, 3.8) is 0 Å². The maximum Gasteiger partial charge on any atom is 0.106 e. The van der Waals surface area contributed by atoms with E-state index in [-0.39, 0.29) is 18.3 Å². The van der Waals surface area contributed by atoms with E-state index in [1.54, 1.807) is 0 Å². The summed E-state index contributed by atoms with van der Waals surface area (Å²) in [7, 11) is 0. The van der Waals surface area contributed by atoms with Gasteiger partial charge in [-0.3, -0.25) is 0 Å². The Kier molecular flexibility index (Phi) is 3.08. The zero-order chi connectivity index (χ0) is 9.30. The van der Waals surface area contributed by atoms with Gasteiger partial charge < -0.3 is 0 Å². The molecule has 0 nitrogen and oxygen atoms in total. The quantitative estimate of drug-likeness (QED) is 0.574. The van der Waals surface area contributed by atoms with Crippen molar-refractivity contribution in [3.8, 4) is 0 Å². The SMILES string of the molecule is CC(C)C1C(C)CC(F)CC1F. The van der Waals surface area contributed by atoms with Crippen LogP contribution in [0.15, 0.2) is 0 Å². The molecule has 0 N–H and O–H groups in total. The van der Waals surface area contributed by atoms with Crippen molar-refractivity contribution < 1.29 is 8.78 Å². The molecule has 1 aliphatic rings. The van der Waals surface area contributed by atoms with Crippen molar-refractivity contribution in [3.05, 3.63) is 0 Å². The topological polar surface area (TPSA) is 0 Å². The van der Waals surface area contributed by atoms with Crippen LogP contribution in [0.2, 0.25) is 0 Å². The molecule has 1 aliphatic carbocycles. The lowest BCUT2D eigenvalue weighted by Gasteiger charge is -2.36. The van der Waals surface area contributed by atoms with Crippen LogP contribution >= 0.6 is 0 Å². The van der Waals surface area contributed by atoms with Crippen molar-refractivity contribution in [1.82, 2.24) is 0 Å². The Hall–Kier alpha value is -0.140. The van der Waals surface area contributed by atoms with Gasteiger partial charge in [0.2, 0.25) is 0 Å². The number of hydrogen-bond donors (Lipinski definition) is 0. The number of halogens is 2. The van der Waals surface area contributed by atoms with E-state index in [0.717, 1.165) is 0 Å². The maximum atomic E-state index is 13.4. The molecule has 0 bridgehead atoms. The van der Waals surface area contributed by atoms with Crippen molar-refractivity contribution >= 4 is 0 Å². The van der Waals surface area contributed by atoms with Gasteiger partial charge in [-0.15, -0.1) is 0 Å². The van der Waals surface area contributed by atoms with E-state index in [0.29, 0.717) is 12.3 Å². The van der Waals surface area contributed by atoms with E-state index in [1.165, 1.54) is 0 Å². The predicted molar refractivity (Wildman–Crippen MR) is 46.5 cm³/mol. The summed E-state index contributed by atoms with van der Waals surface area (Å²) in [6, 6.07) is 0. The summed E-state index contributed by atoms with van der Waals surface area (Å²) in [5.41, 5.74) is 0. The van der Waals surface area contributed by atoms with Crippen LogP contribution in [0, 0.1) is 17.8 Å². The molecule has 0 aromatic rings. The molecule has 1 fully saturated rings. The lowest BCUT2D eigenvalue weighted by atomic mass is 9.73. The van der Waals surface area contributed by atoms with Crippen molar-refractivity contribution in [1.29, 1.82) is 0 Å². The first-order chi connectivity index (χ1) is 5.52. The Labute approximate surface area is 73.3 Å². The van der Waals surface area contributed by atoms with Crippen molar-refractivity contribution in [2.75, 3.05) is 0 Å². The van der Waals surface area contributed by atoms with Gasteiger partial charge in [0.15, 0.2) is 0 Å². The van der Waals surface area contributed by atoms with Crippen LogP contribution in [-0.2, 0) is 0 Å². The van der Waals surface area contributed by atoms with E-state index in [1.807, 2.05) is 20.8 Å². The molecule has 0 radical (unpaired) electrons. The Morgan fingerprint density at radius 1 is 1.17 bits per heavy atom. The highest BCUT2D eigenvalue weighted by molar-refractivity contribution is 4.86. The summed E-state index contributed by atoms with van der Waals surface area (Å²) < 4.78 is 26.2. The van der Waals surface area contributed by atoms with Gasteiger partial charge >= 0.3 is 0 Å². The summed E-state index contributed by atoms with van der Waals surface area (Å²) >= 11 is 0. The Morgan fingerprint density at radius 3 is 2.17 bits per heavy atom. The third kappa shape index (κ3) is 1.96. The van der Waals surface area contributed by atoms with Gasteiger partial charge in [-0.1, -0.05) is 20.8 Å². The predicted octanol–water partition coefficient (Wildman–Crippen LogP) is 3.36. The summed E-state index contributed by atoms with van der Waals surface area (Å²) in [5.74, 6) is 0.600. The van der Waals surface area contributed by atoms with Crippen LogP contribution in [0.4, 0.5) is 8.78 Å². The standard InChI is InChI=1S/C10H18F2/c1-6(2)10-7(3)4-8(11)5-9(10)12/h6-10H,4-5H2,1-3H3. The average molecular weight is 176 g/mol. The van der Waals surface area contributed by atoms with Crippen LogP contribution < -0.4 is 0 Å². The molecular formula is C10H18F2. The van der Waals surface area contributed by atoms with E-state index in [4.69, 9.17) is 0 Å². The second-order valence-electron chi connectivity index (χ2n) is 4.38. The molecule has 0 spiro atoms. The summed E-state index contributed by atoms with van der Waals surface area (Å²) in [5, 5.41) is 0. The van der Waals surface area contributed by atoms with Gasteiger partial charge in [-0.25, -0.2) is 8.78 Å². The van der Waals surface area contributed by atoms with Gasteiger partial charge in [-0.2, -0.15) is 0 Å². The molecule has 0 aliphatic heterocycles. The first-order valence-electron chi connectivity index (χ1n) is 4.80. The minimum Gasteiger partial charge on any atom is -0.247 e. The lowest BCUT2D eigenvalue weighted by molar-refractivity contribution is 0.0337. The molecule has 12 heavy (non-hydrogen) atoms. The zero-order valence-electron chi connectivity index (χ0n) is 8.06. The molecule has 1 saturated carbocycles. The molecule has 4 atom stereocenters. The van der Waals surface area contributed by atoms with Crippen molar-refractivity contribution in [2.45, 2.75) is 46.0 Å². The maximum absolute atomic E-state index is 13.4. The summed E-state index contributed by atoms with van der Waals surface area (Å²) in [6.45, 7) is 6.00. The Bertz CT molecular complexity index is 133. The normalized spacial score (nSPS) is 43.5. The van der Waals surface area contributed by atoms with Crippen LogP contribution in [-0.4, -0.2) is 12.3 Å². The van der Waals surface area contributed by atoms with Crippen LogP contribution in [0.3, 0.4) is 0 Å². The summed E-state index contributed by atoms with van der Waals surface area (Å²) in [4.78, 5) is 0. The van der Waals surface area contributed by atoms with Crippen LogP contribution in [0.5, 0.6) is 0 Å². The third-order valence-corrected chi connectivity index (χ3v) is 2.95. The molecule has 1 rings (SSSR count). The monoisotopic (exact) mass is 176 g/mol. The van der Waals surface area contributed by atoms with Gasteiger partial charge in [0, 0.05) is 6.42 Å². The highest BCUT2D eigenvalue weighted by Gasteiger charge is 2.37. The molecule has 4 unspecified atom stereocenters. The molecule has 0 aromatic heterocycles. The molecule has 2 heteroatoms. The molecule has 72 valence electrons. The van der Waals surface area contributed by atoms with Gasteiger partial charge in [0.1, 0.15) is 12.3 Å². The average Bonchev–Trinajstić information content (AvgIpc) is 1.82. The second kappa shape index (κ2) is 3.71. The third-order valence-electron chi connectivity index (χ3n) is 2.95. The largest absolute Gasteiger partial charge is 0.247 e. The Balaban J connectivity index is 2.60. The van der Waals surface area contributed by atoms with Gasteiger partial charge in [0.05, 0.1) is 0 Å². The van der Waals surface area contributed by atoms with E-state index in [9.17, 15) is 8.78 Å². The van der Waals surface area contributed by atoms with E-state index < -0.39 is 12.3 Å². The van der Waals surface area contributed by atoms with E-state index in [2.05, 4.69) is 0 Å². The molecule has 0 amide bonds. The first kappa shape index (κ1) is 9.94. The smallest absolute Gasteiger partial charge is 0.106 e. The zero-order valence-corrected chi connectivity index (χ0v) is 8.06. The summed E-state index contributed by atoms with van der Waals surface area (Å²) in [6.07, 6.45) is -1.18. The Morgan fingerprint density at radius 2 is 1.75 bits per heavy atom. The number of rotatable bonds is 1. The van der Waals surface area contributed by atoms with Crippen LogP contribution in [0.25, 0.3) is 0 Å². The second-order valence-corrected chi connectivity index (χ2v) is 4.38. The minimum absolute atomic E-state index is 0.0667. The van der Waals surface area contributed by atoms with Gasteiger partial charge in [0.25, 0.3) is 0 Å². The number of hydrogen-bond acceptors (Lipinski definition) is 0. The first-order valence-corrected chi connectivity index (χ1v) is 4.80. The van der Waals surface area contributed by atoms with Gasteiger partial charge in [-0.05, 0) is 24.2 Å². The minimum atomic E-state index is -0.927. The number of alkyl halides is 2. The van der Waals surface area contributed by atoms with Crippen molar-refractivity contribution in [2.24, 2.45) is 17.8 Å². The fourth-order valence-corrected chi connectivity index (χ4v) is 2.49. The fourth-order valence-electron chi connectivity index (χ4n) is 2.49. The fraction of sp³-hybridized carbons (Fsp3) is 1.00. The highest BCUT2D eigenvalue weighted by atomic mass is 19.1. The molecule has 0 aromatic carbocycles.